The number of hydrogen-bond donors (Lipinski definition) is 0. The Bertz CT molecular complexity index is 874. The Balaban J connectivity index is 1.84. The molecule has 0 saturated carbocycles. The molecule has 0 radical (unpaired) electrons. The maximum absolute atomic E-state index is 12.2. The van der Waals surface area contributed by atoms with Gasteiger partial charge in [-0.25, -0.2) is 13.2 Å². The maximum Gasteiger partial charge on any atom is 0.343 e. The Hall–Kier alpha value is -2.34. The zero-order chi connectivity index (χ0) is 16.6. The lowest BCUT2D eigenvalue weighted by Gasteiger charge is -2.16. The van der Waals surface area contributed by atoms with Crippen molar-refractivity contribution in [2.75, 3.05) is 17.1 Å². The molecule has 3 rings (SSSR count). The van der Waals surface area contributed by atoms with Gasteiger partial charge in [0, 0.05) is 6.54 Å². The molecule has 0 aliphatic carbocycles. The molecule has 2 aromatic carbocycles. The summed E-state index contributed by atoms with van der Waals surface area (Å²) in [5.41, 5.74) is 2.90. The van der Waals surface area contributed by atoms with Crippen molar-refractivity contribution in [1.29, 1.82) is 0 Å². The number of carbonyl (C=O) groups excluding carboxylic acids is 1. The zero-order valence-corrected chi connectivity index (χ0v) is 13.8. The molecular weight excluding hydrogens is 314 g/mol. The second-order valence-electron chi connectivity index (χ2n) is 5.63. The van der Waals surface area contributed by atoms with E-state index < -0.39 is 16.0 Å². The van der Waals surface area contributed by atoms with Crippen LogP contribution in [-0.4, -0.2) is 27.2 Å². The van der Waals surface area contributed by atoms with Gasteiger partial charge in [0.1, 0.15) is 5.75 Å². The van der Waals surface area contributed by atoms with Crippen LogP contribution in [-0.2, 0) is 16.4 Å². The summed E-state index contributed by atoms with van der Waals surface area (Å²) in [7, 11) is -3.29. The van der Waals surface area contributed by atoms with Crippen LogP contribution < -0.4 is 9.04 Å². The van der Waals surface area contributed by atoms with Gasteiger partial charge >= 0.3 is 5.97 Å². The highest BCUT2D eigenvalue weighted by Crippen LogP contribution is 2.31. The number of sulfonamides is 1. The van der Waals surface area contributed by atoms with Gasteiger partial charge in [0.2, 0.25) is 10.0 Å². The predicted molar refractivity (Wildman–Crippen MR) is 88.5 cm³/mol. The molecule has 1 aliphatic rings. The topological polar surface area (TPSA) is 63.7 Å². The minimum Gasteiger partial charge on any atom is -0.423 e. The fourth-order valence-corrected chi connectivity index (χ4v) is 3.65. The Morgan fingerprint density at radius 1 is 1.17 bits per heavy atom. The van der Waals surface area contributed by atoms with Crippen LogP contribution in [0.2, 0.25) is 0 Å². The van der Waals surface area contributed by atoms with E-state index in [2.05, 4.69) is 0 Å². The quantitative estimate of drug-likeness (QED) is 0.640. The van der Waals surface area contributed by atoms with Gasteiger partial charge in [-0.15, -0.1) is 0 Å². The minimum atomic E-state index is -3.29. The van der Waals surface area contributed by atoms with E-state index in [4.69, 9.17) is 4.74 Å². The summed E-state index contributed by atoms with van der Waals surface area (Å²) in [6, 6.07) is 12.2. The second-order valence-corrected chi connectivity index (χ2v) is 7.54. The average molecular weight is 331 g/mol. The standard InChI is InChI=1S/C17H17NO4S/c1-12-4-3-5-15(10-12)22-17(19)14-6-7-16-13(11-14)8-9-18(16)23(2,20)21/h3-7,10-11H,8-9H2,1-2H3. The Morgan fingerprint density at radius 2 is 1.96 bits per heavy atom. The Morgan fingerprint density at radius 3 is 2.65 bits per heavy atom. The molecule has 0 atom stereocenters. The third-order valence-electron chi connectivity index (χ3n) is 3.77. The normalized spacial score (nSPS) is 13.7. The molecular formula is C17H17NO4S. The summed E-state index contributed by atoms with van der Waals surface area (Å²) < 4.78 is 30.2. The number of rotatable bonds is 3. The van der Waals surface area contributed by atoms with Gasteiger partial charge in [0.25, 0.3) is 0 Å². The van der Waals surface area contributed by atoms with Crippen LogP contribution in [0.15, 0.2) is 42.5 Å². The second kappa shape index (κ2) is 5.70. The van der Waals surface area contributed by atoms with E-state index in [0.29, 0.717) is 30.0 Å². The Kier molecular flexibility index (Phi) is 3.85. The number of benzene rings is 2. The molecule has 0 bridgehead atoms. The van der Waals surface area contributed by atoms with Crippen LogP contribution in [0, 0.1) is 6.92 Å². The first-order chi connectivity index (χ1) is 10.8. The summed E-state index contributed by atoms with van der Waals surface area (Å²) in [5.74, 6) is 0.0458. The lowest BCUT2D eigenvalue weighted by atomic mass is 10.1. The van der Waals surface area contributed by atoms with Crippen LogP contribution >= 0.6 is 0 Å². The highest BCUT2D eigenvalue weighted by atomic mass is 32.2. The molecule has 1 aliphatic heterocycles. The first kappa shape index (κ1) is 15.6. The third kappa shape index (κ3) is 3.22. The van der Waals surface area contributed by atoms with Crippen molar-refractivity contribution in [3.63, 3.8) is 0 Å². The molecule has 1 heterocycles. The summed E-state index contributed by atoms with van der Waals surface area (Å²) in [6.07, 6.45) is 1.77. The average Bonchev–Trinajstić information content (AvgIpc) is 2.90. The van der Waals surface area contributed by atoms with Crippen LogP contribution in [0.5, 0.6) is 5.75 Å². The summed E-state index contributed by atoms with van der Waals surface area (Å²) in [5, 5.41) is 0. The van der Waals surface area contributed by atoms with Crippen LogP contribution in [0.4, 0.5) is 5.69 Å². The highest BCUT2D eigenvalue weighted by Gasteiger charge is 2.27. The van der Waals surface area contributed by atoms with E-state index in [1.807, 2.05) is 19.1 Å². The van der Waals surface area contributed by atoms with E-state index in [9.17, 15) is 13.2 Å². The van der Waals surface area contributed by atoms with Gasteiger partial charge in [-0.05, 0) is 54.8 Å². The molecule has 2 aromatic rings. The number of fused-ring (bicyclic) bond motifs is 1. The van der Waals surface area contributed by atoms with Crippen molar-refractivity contribution in [2.24, 2.45) is 0 Å². The molecule has 23 heavy (non-hydrogen) atoms. The maximum atomic E-state index is 12.2. The Labute approximate surface area is 135 Å². The zero-order valence-electron chi connectivity index (χ0n) is 12.9. The molecule has 0 saturated heterocycles. The first-order valence-electron chi connectivity index (χ1n) is 7.24. The van der Waals surface area contributed by atoms with Gasteiger partial charge in [-0.1, -0.05) is 12.1 Å². The van der Waals surface area contributed by atoms with E-state index >= 15 is 0 Å². The van der Waals surface area contributed by atoms with Crippen molar-refractivity contribution in [1.82, 2.24) is 0 Å². The summed E-state index contributed by atoms with van der Waals surface area (Å²) >= 11 is 0. The van der Waals surface area contributed by atoms with Crippen LogP contribution in [0.3, 0.4) is 0 Å². The number of nitrogens with zero attached hydrogens (tertiary/aromatic N) is 1. The lowest BCUT2D eigenvalue weighted by Crippen LogP contribution is -2.27. The molecule has 0 fully saturated rings. The van der Waals surface area contributed by atoms with Gasteiger partial charge in [0.05, 0.1) is 17.5 Å². The molecule has 6 heteroatoms. The van der Waals surface area contributed by atoms with Crippen molar-refractivity contribution < 1.29 is 17.9 Å². The molecule has 0 aromatic heterocycles. The van der Waals surface area contributed by atoms with E-state index in [1.165, 1.54) is 10.6 Å². The smallest absolute Gasteiger partial charge is 0.343 e. The largest absolute Gasteiger partial charge is 0.423 e. The third-order valence-corrected chi connectivity index (χ3v) is 4.95. The summed E-state index contributed by atoms with van der Waals surface area (Å²) in [4.78, 5) is 12.2. The number of anilines is 1. The molecule has 0 unspecified atom stereocenters. The molecule has 0 amide bonds. The number of aryl methyl sites for hydroxylation is 1. The molecule has 120 valence electrons. The van der Waals surface area contributed by atoms with Gasteiger partial charge in [-0.3, -0.25) is 4.31 Å². The van der Waals surface area contributed by atoms with E-state index in [0.717, 1.165) is 11.1 Å². The fraction of sp³-hybridized carbons (Fsp3) is 0.235. The summed E-state index contributed by atoms with van der Waals surface area (Å²) in [6.45, 7) is 2.33. The number of hydrogen-bond acceptors (Lipinski definition) is 4. The number of ether oxygens (including phenoxy) is 1. The van der Waals surface area contributed by atoms with Crippen molar-refractivity contribution in [2.45, 2.75) is 13.3 Å². The van der Waals surface area contributed by atoms with Gasteiger partial charge < -0.3 is 4.74 Å². The highest BCUT2D eigenvalue weighted by molar-refractivity contribution is 7.92. The van der Waals surface area contributed by atoms with Crippen molar-refractivity contribution >= 4 is 21.7 Å². The first-order valence-corrected chi connectivity index (χ1v) is 9.09. The lowest BCUT2D eigenvalue weighted by molar-refractivity contribution is 0.0734. The van der Waals surface area contributed by atoms with E-state index in [-0.39, 0.29) is 0 Å². The van der Waals surface area contributed by atoms with Crippen LogP contribution in [0.1, 0.15) is 21.5 Å². The predicted octanol–water partition coefficient (Wildman–Crippen LogP) is 2.54. The molecule has 5 nitrogen and oxygen atoms in total. The van der Waals surface area contributed by atoms with Crippen LogP contribution in [0.25, 0.3) is 0 Å². The van der Waals surface area contributed by atoms with Gasteiger partial charge in [-0.2, -0.15) is 0 Å². The minimum absolute atomic E-state index is 0.407. The molecule has 0 N–H and O–H groups in total. The number of esters is 1. The van der Waals surface area contributed by atoms with Gasteiger partial charge in [0.15, 0.2) is 0 Å². The monoisotopic (exact) mass is 331 g/mol. The van der Waals surface area contributed by atoms with Crippen molar-refractivity contribution in [3.05, 3.63) is 59.2 Å². The number of carbonyl (C=O) groups is 1. The SMILES string of the molecule is Cc1cccc(OC(=O)c2ccc3c(c2)CCN3S(C)(=O)=O)c1. The van der Waals surface area contributed by atoms with E-state index in [1.54, 1.807) is 30.3 Å². The molecule has 0 spiro atoms. The fourth-order valence-electron chi connectivity index (χ4n) is 2.69. The van der Waals surface area contributed by atoms with Crippen molar-refractivity contribution in [3.8, 4) is 5.75 Å².